The van der Waals surface area contributed by atoms with Gasteiger partial charge in [0.05, 0.1) is 16.9 Å². The molecule has 0 aliphatic rings. The first-order valence-corrected chi connectivity index (χ1v) is 9.00. The molecular formula is C16H10BrCl2N3S. The predicted molar refractivity (Wildman–Crippen MR) is 103 cm³/mol. The fourth-order valence-corrected chi connectivity index (χ4v) is 3.29. The minimum atomic E-state index is 0.577. The molecule has 23 heavy (non-hydrogen) atoms. The number of nitrogens with one attached hydrogen (secondary N) is 1. The number of aromatic nitrogens is 1. The molecule has 0 atom stereocenters. The van der Waals surface area contributed by atoms with Crippen molar-refractivity contribution < 1.29 is 0 Å². The number of hydrazone groups is 1. The number of benzene rings is 2. The molecule has 0 saturated heterocycles. The van der Waals surface area contributed by atoms with E-state index in [1.807, 2.05) is 35.7 Å². The predicted octanol–water partition coefficient (Wildman–Crippen LogP) is 6.33. The Morgan fingerprint density at radius 1 is 1.13 bits per heavy atom. The van der Waals surface area contributed by atoms with Crippen LogP contribution in [0.2, 0.25) is 10.0 Å². The summed E-state index contributed by atoms with van der Waals surface area (Å²) in [5.41, 5.74) is 5.56. The zero-order valence-electron chi connectivity index (χ0n) is 11.6. The van der Waals surface area contributed by atoms with E-state index in [1.54, 1.807) is 18.3 Å². The molecule has 0 aliphatic heterocycles. The molecule has 0 fully saturated rings. The normalized spacial score (nSPS) is 11.1. The van der Waals surface area contributed by atoms with Crippen LogP contribution in [0.4, 0.5) is 5.13 Å². The van der Waals surface area contributed by atoms with Gasteiger partial charge in [0.2, 0.25) is 5.13 Å². The Hall–Kier alpha value is -1.40. The lowest BCUT2D eigenvalue weighted by molar-refractivity contribution is 1.29. The molecule has 7 heteroatoms. The number of hydrogen-bond donors (Lipinski definition) is 1. The highest BCUT2D eigenvalue weighted by molar-refractivity contribution is 9.10. The van der Waals surface area contributed by atoms with Crippen molar-refractivity contribution >= 4 is 61.8 Å². The summed E-state index contributed by atoms with van der Waals surface area (Å²) in [5.74, 6) is 0. The van der Waals surface area contributed by atoms with E-state index in [9.17, 15) is 0 Å². The average molecular weight is 427 g/mol. The minimum absolute atomic E-state index is 0.577. The summed E-state index contributed by atoms with van der Waals surface area (Å²) in [4.78, 5) is 4.47. The summed E-state index contributed by atoms with van der Waals surface area (Å²) in [6.45, 7) is 0. The molecular weight excluding hydrogens is 417 g/mol. The van der Waals surface area contributed by atoms with Crippen molar-refractivity contribution in [2.24, 2.45) is 5.10 Å². The maximum atomic E-state index is 6.20. The van der Waals surface area contributed by atoms with Gasteiger partial charge in [-0.05, 0) is 35.9 Å². The molecule has 3 nitrogen and oxygen atoms in total. The van der Waals surface area contributed by atoms with Gasteiger partial charge in [-0.15, -0.1) is 11.3 Å². The molecule has 0 unspecified atom stereocenters. The Bertz CT molecular complexity index is 847. The maximum Gasteiger partial charge on any atom is 0.203 e. The van der Waals surface area contributed by atoms with E-state index in [4.69, 9.17) is 23.2 Å². The number of hydrogen-bond acceptors (Lipinski definition) is 4. The van der Waals surface area contributed by atoms with Gasteiger partial charge in [-0.25, -0.2) is 4.98 Å². The van der Waals surface area contributed by atoms with Gasteiger partial charge in [-0.1, -0.05) is 51.3 Å². The lowest BCUT2D eigenvalue weighted by atomic mass is 10.2. The second kappa shape index (κ2) is 7.45. The van der Waals surface area contributed by atoms with Gasteiger partial charge in [0.25, 0.3) is 0 Å². The summed E-state index contributed by atoms with van der Waals surface area (Å²) in [5, 5.41) is 7.99. The van der Waals surface area contributed by atoms with Crippen molar-refractivity contribution in [2.45, 2.75) is 0 Å². The highest BCUT2D eigenvalue weighted by Crippen LogP contribution is 2.32. The third-order valence-corrected chi connectivity index (χ3v) is 4.78. The smallest absolute Gasteiger partial charge is 0.203 e. The molecule has 0 bridgehead atoms. The van der Waals surface area contributed by atoms with Gasteiger partial charge < -0.3 is 0 Å². The molecule has 1 heterocycles. The lowest BCUT2D eigenvalue weighted by Gasteiger charge is -2.00. The first-order valence-electron chi connectivity index (χ1n) is 6.57. The van der Waals surface area contributed by atoms with E-state index in [2.05, 4.69) is 31.4 Å². The minimum Gasteiger partial charge on any atom is -0.253 e. The first kappa shape index (κ1) is 16.5. The van der Waals surface area contributed by atoms with Crippen LogP contribution in [0.15, 0.2) is 57.4 Å². The second-order valence-electron chi connectivity index (χ2n) is 4.58. The summed E-state index contributed by atoms with van der Waals surface area (Å²) in [7, 11) is 0. The van der Waals surface area contributed by atoms with Crippen LogP contribution in [0.25, 0.3) is 11.3 Å². The molecule has 1 aromatic heterocycles. The van der Waals surface area contributed by atoms with E-state index in [0.29, 0.717) is 15.2 Å². The average Bonchev–Trinajstić information content (AvgIpc) is 2.98. The van der Waals surface area contributed by atoms with Gasteiger partial charge in [0.1, 0.15) is 0 Å². The standard InChI is InChI=1S/C16H10BrCl2N3S/c17-11-3-1-10(2-4-11)8-20-22-16-21-15(9-23-16)13-6-5-12(18)7-14(13)19/h1-9H,(H,21,22). The molecule has 0 amide bonds. The molecule has 0 radical (unpaired) electrons. The van der Waals surface area contributed by atoms with Crippen molar-refractivity contribution in [3.63, 3.8) is 0 Å². The van der Waals surface area contributed by atoms with Crippen LogP contribution >= 0.6 is 50.5 Å². The van der Waals surface area contributed by atoms with Crippen LogP contribution in [0.1, 0.15) is 5.56 Å². The van der Waals surface area contributed by atoms with Gasteiger partial charge in [-0.2, -0.15) is 5.10 Å². The van der Waals surface area contributed by atoms with E-state index in [1.165, 1.54) is 11.3 Å². The molecule has 0 aliphatic carbocycles. The summed E-state index contributed by atoms with van der Waals surface area (Å²) >= 11 is 17.0. The number of thiazole rings is 1. The fraction of sp³-hybridized carbons (Fsp3) is 0. The van der Waals surface area contributed by atoms with E-state index >= 15 is 0 Å². The van der Waals surface area contributed by atoms with Crippen LogP contribution in [0.5, 0.6) is 0 Å². The van der Waals surface area contributed by atoms with Gasteiger partial charge in [0.15, 0.2) is 0 Å². The van der Waals surface area contributed by atoms with Crippen molar-refractivity contribution in [3.05, 3.63) is 67.9 Å². The van der Waals surface area contributed by atoms with Gasteiger partial charge in [-0.3, -0.25) is 5.43 Å². The molecule has 0 spiro atoms. The Morgan fingerprint density at radius 3 is 2.65 bits per heavy atom. The monoisotopic (exact) mass is 425 g/mol. The highest BCUT2D eigenvalue weighted by atomic mass is 79.9. The topological polar surface area (TPSA) is 37.3 Å². The fourth-order valence-electron chi connectivity index (χ4n) is 1.86. The van der Waals surface area contributed by atoms with Crippen molar-refractivity contribution in [3.8, 4) is 11.3 Å². The van der Waals surface area contributed by atoms with E-state index in [0.717, 1.165) is 21.3 Å². The van der Waals surface area contributed by atoms with Crippen LogP contribution < -0.4 is 5.43 Å². The molecule has 2 aromatic carbocycles. The Balaban J connectivity index is 1.71. The van der Waals surface area contributed by atoms with Crippen molar-refractivity contribution in [1.29, 1.82) is 0 Å². The molecule has 0 saturated carbocycles. The number of halogens is 3. The Morgan fingerprint density at radius 2 is 1.91 bits per heavy atom. The first-order chi connectivity index (χ1) is 11.1. The third-order valence-electron chi connectivity index (χ3n) is 2.96. The van der Waals surface area contributed by atoms with E-state index in [-0.39, 0.29) is 0 Å². The second-order valence-corrected chi connectivity index (χ2v) is 7.20. The SMILES string of the molecule is Clc1ccc(-c2csc(NN=Cc3ccc(Br)cc3)n2)c(Cl)c1. The lowest BCUT2D eigenvalue weighted by Crippen LogP contribution is -1.90. The van der Waals surface area contributed by atoms with Crippen LogP contribution in [-0.2, 0) is 0 Å². The zero-order valence-corrected chi connectivity index (χ0v) is 15.5. The van der Waals surface area contributed by atoms with Crippen molar-refractivity contribution in [1.82, 2.24) is 4.98 Å². The van der Waals surface area contributed by atoms with Crippen molar-refractivity contribution in [2.75, 3.05) is 5.43 Å². The van der Waals surface area contributed by atoms with Crippen LogP contribution in [0, 0.1) is 0 Å². The molecule has 3 rings (SSSR count). The maximum absolute atomic E-state index is 6.20. The molecule has 116 valence electrons. The van der Waals surface area contributed by atoms with Crippen LogP contribution in [0.3, 0.4) is 0 Å². The summed E-state index contributed by atoms with van der Waals surface area (Å²) < 4.78 is 1.03. The largest absolute Gasteiger partial charge is 0.253 e. The molecule has 1 N–H and O–H groups in total. The number of nitrogens with zero attached hydrogens (tertiary/aromatic N) is 2. The highest BCUT2D eigenvalue weighted by Gasteiger charge is 2.08. The summed E-state index contributed by atoms with van der Waals surface area (Å²) in [6.07, 6.45) is 1.74. The Labute approximate surface area is 156 Å². The molecule has 3 aromatic rings. The third kappa shape index (κ3) is 4.32. The quantitative estimate of drug-likeness (QED) is 0.391. The van der Waals surface area contributed by atoms with Gasteiger partial charge in [0, 0.05) is 20.4 Å². The number of rotatable bonds is 4. The number of anilines is 1. The zero-order chi connectivity index (χ0) is 16.2. The Kier molecular flexibility index (Phi) is 5.33. The van der Waals surface area contributed by atoms with Gasteiger partial charge >= 0.3 is 0 Å². The summed E-state index contributed by atoms with van der Waals surface area (Å²) in [6, 6.07) is 13.2. The van der Waals surface area contributed by atoms with E-state index < -0.39 is 0 Å². The van der Waals surface area contributed by atoms with Crippen LogP contribution in [-0.4, -0.2) is 11.2 Å².